The van der Waals surface area contributed by atoms with Crippen LogP contribution in [0, 0.1) is 6.92 Å². The molecule has 6 nitrogen and oxygen atoms in total. The standard InChI is InChI=1S/C12H17BO6S/c1-7-2-4-8(5-3-7)20(16,17)19-11-10(15)9(6-14)18-12(11)13/h2-5,9-12,14-15H,6,13H2,1H3. The Morgan fingerprint density at radius 2 is 1.95 bits per heavy atom. The molecule has 2 rings (SSSR count). The predicted molar refractivity (Wildman–Crippen MR) is 73.5 cm³/mol. The Morgan fingerprint density at radius 3 is 2.45 bits per heavy atom. The van der Waals surface area contributed by atoms with Crippen molar-refractivity contribution in [3.05, 3.63) is 29.8 Å². The van der Waals surface area contributed by atoms with Gasteiger partial charge in [-0.15, -0.1) is 0 Å². The molecule has 0 saturated carbocycles. The van der Waals surface area contributed by atoms with Gasteiger partial charge in [0, 0.05) is 0 Å². The smallest absolute Gasteiger partial charge is 0.297 e. The van der Waals surface area contributed by atoms with Gasteiger partial charge in [0.05, 0.1) is 17.5 Å². The average molecular weight is 300 g/mol. The minimum Gasteiger partial charge on any atom is -0.394 e. The van der Waals surface area contributed by atoms with Gasteiger partial charge >= 0.3 is 0 Å². The van der Waals surface area contributed by atoms with Crippen molar-refractivity contribution >= 4 is 18.0 Å². The molecule has 20 heavy (non-hydrogen) atoms. The molecule has 1 aliphatic heterocycles. The van der Waals surface area contributed by atoms with E-state index in [1.54, 1.807) is 20.0 Å². The molecule has 4 unspecified atom stereocenters. The van der Waals surface area contributed by atoms with Crippen molar-refractivity contribution in [2.75, 3.05) is 6.61 Å². The Kier molecular flexibility index (Phi) is 4.50. The Hall–Kier alpha value is -0.925. The third-order valence-electron chi connectivity index (χ3n) is 3.30. The van der Waals surface area contributed by atoms with Gasteiger partial charge in [-0.3, -0.25) is 4.18 Å². The molecule has 0 spiro atoms. The van der Waals surface area contributed by atoms with Crippen molar-refractivity contribution in [2.45, 2.75) is 36.1 Å². The number of benzene rings is 1. The van der Waals surface area contributed by atoms with E-state index in [0.29, 0.717) is 0 Å². The summed E-state index contributed by atoms with van der Waals surface area (Å²) in [6, 6.07) is 5.60. The van der Waals surface area contributed by atoms with Crippen LogP contribution < -0.4 is 0 Å². The fourth-order valence-electron chi connectivity index (χ4n) is 2.12. The van der Waals surface area contributed by atoms with E-state index in [0.717, 1.165) is 5.56 Å². The van der Waals surface area contributed by atoms with Gasteiger partial charge in [0.25, 0.3) is 10.1 Å². The van der Waals surface area contributed by atoms with E-state index in [4.69, 9.17) is 14.0 Å². The quantitative estimate of drug-likeness (QED) is 0.535. The summed E-state index contributed by atoms with van der Waals surface area (Å²) >= 11 is 0. The molecular formula is C12H17BO6S. The van der Waals surface area contributed by atoms with Gasteiger partial charge in [0.1, 0.15) is 26.2 Å². The van der Waals surface area contributed by atoms with Crippen LogP contribution in [0.2, 0.25) is 0 Å². The fourth-order valence-corrected chi connectivity index (χ4v) is 3.26. The second-order valence-corrected chi connectivity index (χ2v) is 6.45. The molecule has 0 aliphatic carbocycles. The van der Waals surface area contributed by atoms with E-state index in [-0.39, 0.29) is 4.90 Å². The molecule has 1 aromatic rings. The number of hydrogen-bond acceptors (Lipinski definition) is 6. The van der Waals surface area contributed by atoms with Gasteiger partial charge < -0.3 is 14.9 Å². The van der Waals surface area contributed by atoms with Gasteiger partial charge in [0.2, 0.25) is 0 Å². The highest BCUT2D eigenvalue weighted by atomic mass is 32.2. The molecule has 1 heterocycles. The summed E-state index contributed by atoms with van der Waals surface area (Å²) in [5.74, 6) is 0. The van der Waals surface area contributed by atoms with Gasteiger partial charge in [-0.05, 0) is 19.1 Å². The molecule has 1 aliphatic rings. The van der Waals surface area contributed by atoms with Crippen molar-refractivity contribution in [3.8, 4) is 0 Å². The Morgan fingerprint density at radius 1 is 1.35 bits per heavy atom. The van der Waals surface area contributed by atoms with Crippen LogP contribution >= 0.6 is 0 Å². The van der Waals surface area contributed by atoms with E-state index < -0.39 is 41.0 Å². The van der Waals surface area contributed by atoms with Crippen LogP contribution in [0.1, 0.15) is 5.56 Å². The zero-order chi connectivity index (χ0) is 14.9. The molecule has 4 atom stereocenters. The monoisotopic (exact) mass is 300 g/mol. The molecular weight excluding hydrogens is 283 g/mol. The van der Waals surface area contributed by atoms with Gasteiger partial charge in [-0.25, -0.2) is 0 Å². The number of rotatable bonds is 4. The van der Waals surface area contributed by atoms with E-state index >= 15 is 0 Å². The van der Waals surface area contributed by atoms with Crippen LogP contribution in [0.4, 0.5) is 0 Å². The van der Waals surface area contributed by atoms with Crippen LogP contribution in [-0.4, -0.2) is 57.4 Å². The van der Waals surface area contributed by atoms with Gasteiger partial charge in [-0.1, -0.05) is 17.7 Å². The predicted octanol–water partition coefficient (Wildman–Crippen LogP) is -1.22. The van der Waals surface area contributed by atoms with Crippen molar-refractivity contribution < 1.29 is 27.6 Å². The second kappa shape index (κ2) is 5.83. The third kappa shape index (κ3) is 3.04. The highest BCUT2D eigenvalue weighted by molar-refractivity contribution is 7.86. The molecule has 8 heteroatoms. The molecule has 1 aromatic carbocycles. The lowest BCUT2D eigenvalue weighted by molar-refractivity contribution is -0.00711. The van der Waals surface area contributed by atoms with E-state index in [1.165, 1.54) is 12.1 Å². The molecule has 110 valence electrons. The third-order valence-corrected chi connectivity index (χ3v) is 4.62. The summed E-state index contributed by atoms with van der Waals surface area (Å²) in [5.41, 5.74) is 0.932. The zero-order valence-corrected chi connectivity index (χ0v) is 12.1. The molecule has 1 fully saturated rings. The number of aliphatic hydroxyl groups excluding tert-OH is 2. The normalized spacial score (nSPS) is 30.6. The van der Waals surface area contributed by atoms with Crippen LogP contribution in [-0.2, 0) is 19.0 Å². The molecule has 0 aromatic heterocycles. The molecule has 0 amide bonds. The summed E-state index contributed by atoms with van der Waals surface area (Å²) in [5, 5.41) is 18.9. The molecule has 0 radical (unpaired) electrons. The number of aryl methyl sites for hydroxylation is 1. The maximum atomic E-state index is 12.1. The molecule has 0 bridgehead atoms. The lowest BCUT2D eigenvalue weighted by Gasteiger charge is -2.18. The number of aliphatic hydroxyl groups is 2. The summed E-state index contributed by atoms with van der Waals surface area (Å²) in [6.07, 6.45) is -3.04. The first-order valence-electron chi connectivity index (χ1n) is 6.29. The first-order chi connectivity index (χ1) is 9.35. The highest BCUT2D eigenvalue weighted by Crippen LogP contribution is 2.26. The summed E-state index contributed by atoms with van der Waals surface area (Å²) in [6.45, 7) is 1.45. The maximum Gasteiger partial charge on any atom is 0.297 e. The first kappa shape index (κ1) is 15.5. The lowest BCUT2D eigenvalue weighted by Crippen LogP contribution is -2.38. The van der Waals surface area contributed by atoms with E-state index in [1.807, 2.05) is 6.92 Å². The Bertz CT molecular complexity index is 558. The van der Waals surface area contributed by atoms with E-state index in [9.17, 15) is 13.5 Å². The Labute approximate surface area is 118 Å². The van der Waals surface area contributed by atoms with Crippen LogP contribution in [0.25, 0.3) is 0 Å². The maximum absolute atomic E-state index is 12.1. The number of hydrogen-bond donors (Lipinski definition) is 2. The van der Waals surface area contributed by atoms with Crippen LogP contribution in [0.15, 0.2) is 29.2 Å². The summed E-state index contributed by atoms with van der Waals surface area (Å²) in [7, 11) is -2.39. The van der Waals surface area contributed by atoms with Crippen molar-refractivity contribution in [1.29, 1.82) is 0 Å². The first-order valence-corrected chi connectivity index (χ1v) is 7.70. The summed E-state index contributed by atoms with van der Waals surface area (Å²) < 4.78 is 34.6. The SMILES string of the molecule is BC1OC(CO)C(O)C1OS(=O)(=O)c1ccc(C)cc1. The number of ether oxygens (including phenoxy) is 1. The lowest BCUT2D eigenvalue weighted by atomic mass is 9.93. The fraction of sp³-hybridized carbons (Fsp3) is 0.500. The zero-order valence-electron chi connectivity index (χ0n) is 11.3. The van der Waals surface area contributed by atoms with Crippen LogP contribution in [0.3, 0.4) is 0 Å². The topological polar surface area (TPSA) is 93.1 Å². The Balaban J connectivity index is 2.18. The van der Waals surface area contributed by atoms with Gasteiger partial charge in [0.15, 0.2) is 0 Å². The second-order valence-electron chi connectivity index (χ2n) is 4.88. The average Bonchev–Trinajstić information content (AvgIpc) is 2.66. The van der Waals surface area contributed by atoms with Crippen molar-refractivity contribution in [2.24, 2.45) is 0 Å². The van der Waals surface area contributed by atoms with Crippen LogP contribution in [0.5, 0.6) is 0 Å². The van der Waals surface area contributed by atoms with Gasteiger partial charge in [-0.2, -0.15) is 8.42 Å². The minimum absolute atomic E-state index is 0.0231. The summed E-state index contributed by atoms with van der Waals surface area (Å²) in [4.78, 5) is 0.0231. The minimum atomic E-state index is -3.98. The van der Waals surface area contributed by atoms with Crippen molar-refractivity contribution in [1.82, 2.24) is 0 Å². The van der Waals surface area contributed by atoms with E-state index in [2.05, 4.69) is 0 Å². The van der Waals surface area contributed by atoms with Crippen molar-refractivity contribution in [3.63, 3.8) is 0 Å². The largest absolute Gasteiger partial charge is 0.394 e. The molecule has 1 saturated heterocycles. The highest BCUT2D eigenvalue weighted by Gasteiger charge is 2.44. The molecule has 2 N–H and O–H groups in total.